The van der Waals surface area contributed by atoms with Crippen LogP contribution in [0, 0.1) is 0 Å². The van der Waals surface area contributed by atoms with E-state index in [2.05, 4.69) is 17.6 Å². The number of aliphatic hydroxyl groups is 1. The minimum Gasteiger partial charge on any atom is -0.383 e. The molecule has 1 aliphatic rings. The standard InChI is InChI=1S/C11H15NO/c1-2-11(13)10-7-8-5-3-4-6-9(8)12-10/h2,7,11-13H,1,3-6H2. The van der Waals surface area contributed by atoms with E-state index in [1.54, 1.807) is 6.08 Å². The van der Waals surface area contributed by atoms with Gasteiger partial charge in [-0.1, -0.05) is 6.08 Å². The molecule has 1 atom stereocenters. The van der Waals surface area contributed by atoms with Gasteiger partial charge in [0.2, 0.25) is 0 Å². The Hall–Kier alpha value is -1.02. The summed E-state index contributed by atoms with van der Waals surface area (Å²) in [5, 5.41) is 9.53. The Labute approximate surface area is 78.3 Å². The Morgan fingerprint density at radius 2 is 2.23 bits per heavy atom. The summed E-state index contributed by atoms with van der Waals surface area (Å²) in [6.45, 7) is 3.57. The summed E-state index contributed by atoms with van der Waals surface area (Å²) < 4.78 is 0. The normalized spacial score (nSPS) is 17.9. The van der Waals surface area contributed by atoms with Gasteiger partial charge in [0.15, 0.2) is 0 Å². The Bertz CT molecular complexity index is 290. The van der Waals surface area contributed by atoms with Crippen LogP contribution in [0.4, 0.5) is 0 Å². The van der Waals surface area contributed by atoms with Gasteiger partial charge in [-0.15, -0.1) is 6.58 Å². The van der Waals surface area contributed by atoms with Crippen LogP contribution in [0.5, 0.6) is 0 Å². The summed E-state index contributed by atoms with van der Waals surface area (Å²) in [7, 11) is 0. The molecule has 0 aliphatic heterocycles. The van der Waals surface area contributed by atoms with Crippen LogP contribution in [0.15, 0.2) is 18.7 Å². The first-order valence-electron chi connectivity index (χ1n) is 4.82. The van der Waals surface area contributed by atoms with E-state index < -0.39 is 6.10 Å². The lowest BCUT2D eigenvalue weighted by Gasteiger charge is -2.09. The molecule has 0 spiro atoms. The van der Waals surface area contributed by atoms with Crippen molar-refractivity contribution in [3.8, 4) is 0 Å². The van der Waals surface area contributed by atoms with E-state index >= 15 is 0 Å². The van der Waals surface area contributed by atoms with Gasteiger partial charge in [-0.05, 0) is 37.3 Å². The lowest BCUT2D eigenvalue weighted by molar-refractivity contribution is 0.224. The molecule has 1 aromatic rings. The zero-order valence-electron chi connectivity index (χ0n) is 7.71. The number of aromatic amines is 1. The summed E-state index contributed by atoms with van der Waals surface area (Å²) in [4.78, 5) is 3.26. The van der Waals surface area contributed by atoms with Crippen LogP contribution in [-0.4, -0.2) is 10.1 Å². The van der Waals surface area contributed by atoms with Crippen molar-refractivity contribution in [1.82, 2.24) is 4.98 Å². The number of aryl methyl sites for hydroxylation is 2. The first kappa shape index (κ1) is 8.57. The van der Waals surface area contributed by atoms with Crippen LogP contribution in [0.2, 0.25) is 0 Å². The summed E-state index contributed by atoms with van der Waals surface area (Å²) >= 11 is 0. The van der Waals surface area contributed by atoms with Crippen molar-refractivity contribution >= 4 is 0 Å². The van der Waals surface area contributed by atoms with E-state index in [1.807, 2.05) is 0 Å². The molecule has 13 heavy (non-hydrogen) atoms. The van der Waals surface area contributed by atoms with E-state index in [-0.39, 0.29) is 0 Å². The fourth-order valence-electron chi connectivity index (χ4n) is 1.92. The van der Waals surface area contributed by atoms with Crippen molar-refractivity contribution in [1.29, 1.82) is 0 Å². The van der Waals surface area contributed by atoms with Crippen LogP contribution in [0.3, 0.4) is 0 Å². The molecule has 2 rings (SSSR count). The van der Waals surface area contributed by atoms with Crippen molar-refractivity contribution in [2.45, 2.75) is 31.8 Å². The zero-order valence-corrected chi connectivity index (χ0v) is 7.71. The SMILES string of the molecule is C=CC(O)c1cc2c([nH]1)CCCC2. The highest BCUT2D eigenvalue weighted by molar-refractivity contribution is 5.30. The quantitative estimate of drug-likeness (QED) is 0.667. The van der Waals surface area contributed by atoms with Gasteiger partial charge in [-0.3, -0.25) is 0 Å². The smallest absolute Gasteiger partial charge is 0.112 e. The number of nitrogens with one attached hydrogen (secondary N) is 1. The second-order valence-corrected chi connectivity index (χ2v) is 3.62. The molecule has 1 aliphatic carbocycles. The van der Waals surface area contributed by atoms with Gasteiger partial charge in [0.05, 0.1) is 0 Å². The first-order chi connectivity index (χ1) is 6.31. The number of fused-ring (bicyclic) bond motifs is 1. The van der Waals surface area contributed by atoms with E-state index in [9.17, 15) is 5.11 Å². The van der Waals surface area contributed by atoms with Crippen molar-refractivity contribution in [3.63, 3.8) is 0 Å². The average Bonchev–Trinajstić information content (AvgIpc) is 2.59. The van der Waals surface area contributed by atoms with E-state index in [1.165, 1.54) is 24.1 Å². The third-order valence-corrected chi connectivity index (χ3v) is 2.68. The molecule has 0 amide bonds. The lowest BCUT2D eigenvalue weighted by Crippen LogP contribution is -1.99. The van der Waals surface area contributed by atoms with Crippen LogP contribution < -0.4 is 0 Å². The largest absolute Gasteiger partial charge is 0.383 e. The molecule has 0 saturated carbocycles. The molecule has 1 heterocycles. The van der Waals surface area contributed by atoms with Gasteiger partial charge in [0, 0.05) is 11.4 Å². The van der Waals surface area contributed by atoms with Gasteiger partial charge in [0.1, 0.15) is 6.10 Å². The van der Waals surface area contributed by atoms with Crippen LogP contribution in [-0.2, 0) is 12.8 Å². The molecule has 0 bridgehead atoms. The topological polar surface area (TPSA) is 36.0 Å². The van der Waals surface area contributed by atoms with Crippen molar-refractivity contribution in [3.05, 3.63) is 35.7 Å². The summed E-state index contributed by atoms with van der Waals surface area (Å²) in [6.07, 6.45) is 5.82. The second-order valence-electron chi connectivity index (χ2n) is 3.62. The third kappa shape index (κ3) is 1.54. The second kappa shape index (κ2) is 3.38. The van der Waals surface area contributed by atoms with Crippen LogP contribution >= 0.6 is 0 Å². The minimum absolute atomic E-state index is 0.536. The summed E-state index contributed by atoms with van der Waals surface area (Å²) in [5.41, 5.74) is 3.58. The number of hydrogen-bond donors (Lipinski definition) is 2. The number of aliphatic hydroxyl groups excluding tert-OH is 1. The fraction of sp³-hybridized carbons (Fsp3) is 0.455. The molecule has 70 valence electrons. The first-order valence-corrected chi connectivity index (χ1v) is 4.82. The van der Waals surface area contributed by atoms with Gasteiger partial charge < -0.3 is 10.1 Å². The van der Waals surface area contributed by atoms with E-state index in [0.717, 1.165) is 18.5 Å². The molecule has 2 N–H and O–H groups in total. The summed E-state index contributed by atoms with van der Waals surface area (Å²) in [5.74, 6) is 0. The molecule has 0 radical (unpaired) electrons. The van der Waals surface area contributed by atoms with Crippen LogP contribution in [0.1, 0.15) is 35.9 Å². The number of rotatable bonds is 2. The predicted molar refractivity (Wildman–Crippen MR) is 52.6 cm³/mol. The molecule has 2 heteroatoms. The maximum Gasteiger partial charge on any atom is 0.112 e. The molecule has 0 fully saturated rings. The number of H-pyrrole nitrogens is 1. The highest BCUT2D eigenvalue weighted by Gasteiger charge is 2.14. The van der Waals surface area contributed by atoms with Gasteiger partial charge in [-0.2, -0.15) is 0 Å². The molecule has 1 aromatic heterocycles. The van der Waals surface area contributed by atoms with Crippen LogP contribution in [0.25, 0.3) is 0 Å². The Morgan fingerprint density at radius 3 is 2.92 bits per heavy atom. The number of hydrogen-bond acceptors (Lipinski definition) is 1. The highest BCUT2D eigenvalue weighted by Crippen LogP contribution is 2.24. The maximum absolute atomic E-state index is 9.53. The van der Waals surface area contributed by atoms with Gasteiger partial charge in [-0.25, -0.2) is 0 Å². The van der Waals surface area contributed by atoms with E-state index in [0.29, 0.717) is 0 Å². The lowest BCUT2D eigenvalue weighted by atomic mass is 9.98. The Kier molecular flexibility index (Phi) is 2.23. The molecule has 2 nitrogen and oxygen atoms in total. The predicted octanol–water partition coefficient (Wildman–Crippen LogP) is 2.11. The Morgan fingerprint density at radius 1 is 1.46 bits per heavy atom. The fourth-order valence-corrected chi connectivity index (χ4v) is 1.92. The van der Waals surface area contributed by atoms with Gasteiger partial charge in [0.25, 0.3) is 0 Å². The molecule has 0 aromatic carbocycles. The van der Waals surface area contributed by atoms with E-state index in [4.69, 9.17) is 0 Å². The molecular weight excluding hydrogens is 162 g/mol. The molecule has 1 unspecified atom stereocenters. The third-order valence-electron chi connectivity index (χ3n) is 2.68. The average molecular weight is 177 g/mol. The van der Waals surface area contributed by atoms with Gasteiger partial charge >= 0.3 is 0 Å². The van der Waals surface area contributed by atoms with Crippen molar-refractivity contribution < 1.29 is 5.11 Å². The zero-order chi connectivity index (χ0) is 9.26. The Balaban J connectivity index is 2.29. The monoisotopic (exact) mass is 177 g/mol. The maximum atomic E-state index is 9.53. The number of aromatic nitrogens is 1. The molecular formula is C11H15NO. The summed E-state index contributed by atoms with van der Waals surface area (Å²) in [6, 6.07) is 2.07. The minimum atomic E-state index is -0.536. The van der Waals surface area contributed by atoms with Crippen molar-refractivity contribution in [2.24, 2.45) is 0 Å². The van der Waals surface area contributed by atoms with Crippen molar-refractivity contribution in [2.75, 3.05) is 0 Å². The molecule has 0 saturated heterocycles. The highest BCUT2D eigenvalue weighted by atomic mass is 16.3.